The van der Waals surface area contributed by atoms with Crippen LogP contribution in [0.15, 0.2) is 0 Å². The first-order valence-electron chi connectivity index (χ1n) is 3.95. The van der Waals surface area contributed by atoms with E-state index in [9.17, 15) is 0 Å². The molecule has 1 heterocycles. The Kier molecular flexibility index (Phi) is 4.48. The molecule has 1 saturated heterocycles. The fourth-order valence-corrected chi connectivity index (χ4v) is 1.44. The molecule has 0 aromatic carbocycles. The molecule has 0 aromatic heterocycles. The Bertz CT molecular complexity index is 145. The summed E-state index contributed by atoms with van der Waals surface area (Å²) in [6.07, 6.45) is 3.21. The highest BCUT2D eigenvalue weighted by Gasteiger charge is 2.29. The highest BCUT2D eigenvalue weighted by atomic mass is 35.5. The lowest BCUT2D eigenvalue weighted by Crippen LogP contribution is -2.38. The number of hydrogen-bond donors (Lipinski definition) is 1. The number of rotatable bonds is 1. The third kappa shape index (κ3) is 2.36. The summed E-state index contributed by atoms with van der Waals surface area (Å²) >= 11 is 0. The number of halogens is 1. The molecule has 1 unspecified atom stereocenters. The van der Waals surface area contributed by atoms with E-state index in [1.165, 1.54) is 0 Å². The first-order valence-corrected chi connectivity index (χ1v) is 3.95. The summed E-state index contributed by atoms with van der Waals surface area (Å²) in [6.45, 7) is 4.07. The molecule has 1 atom stereocenters. The maximum absolute atomic E-state index is 8.85. The van der Waals surface area contributed by atoms with Crippen LogP contribution in [0.25, 0.3) is 0 Å². The fourth-order valence-electron chi connectivity index (χ4n) is 1.44. The standard InChI is InChI=1S/C8H14N2.ClH/c1-2-8(6-9)4-3-5-10-7-8;/h10H,2-5,7H2,1H3;1H. The third-order valence-electron chi connectivity index (χ3n) is 2.39. The molecular weight excluding hydrogens is 160 g/mol. The molecule has 0 aliphatic carbocycles. The van der Waals surface area contributed by atoms with Crippen LogP contribution < -0.4 is 5.32 Å². The Morgan fingerprint density at radius 2 is 2.36 bits per heavy atom. The van der Waals surface area contributed by atoms with E-state index in [-0.39, 0.29) is 17.8 Å². The van der Waals surface area contributed by atoms with E-state index in [0.29, 0.717) is 0 Å². The van der Waals surface area contributed by atoms with Crippen molar-refractivity contribution < 1.29 is 0 Å². The number of nitrogens with one attached hydrogen (secondary N) is 1. The Morgan fingerprint density at radius 3 is 2.64 bits per heavy atom. The zero-order chi connectivity index (χ0) is 7.45. The number of piperidine rings is 1. The second-order valence-corrected chi connectivity index (χ2v) is 3.03. The van der Waals surface area contributed by atoms with Crippen molar-refractivity contribution in [1.82, 2.24) is 5.32 Å². The molecule has 1 fully saturated rings. The maximum atomic E-state index is 8.85. The highest BCUT2D eigenvalue weighted by molar-refractivity contribution is 5.85. The molecule has 0 amide bonds. The average Bonchev–Trinajstić information content (AvgIpc) is 2.06. The first kappa shape index (κ1) is 10.7. The lowest BCUT2D eigenvalue weighted by atomic mass is 9.80. The summed E-state index contributed by atoms with van der Waals surface area (Å²) in [5.74, 6) is 0. The quantitative estimate of drug-likeness (QED) is 0.657. The second kappa shape index (κ2) is 4.58. The lowest BCUT2D eigenvalue weighted by molar-refractivity contribution is 0.279. The van der Waals surface area contributed by atoms with Crippen molar-refractivity contribution in [2.45, 2.75) is 26.2 Å². The summed E-state index contributed by atoms with van der Waals surface area (Å²) in [5, 5.41) is 12.1. The summed E-state index contributed by atoms with van der Waals surface area (Å²) < 4.78 is 0. The van der Waals surface area contributed by atoms with Gasteiger partial charge in [-0.15, -0.1) is 12.4 Å². The Labute approximate surface area is 74.4 Å². The van der Waals surface area contributed by atoms with Crippen LogP contribution in [-0.2, 0) is 0 Å². The van der Waals surface area contributed by atoms with Crippen LogP contribution in [-0.4, -0.2) is 13.1 Å². The van der Waals surface area contributed by atoms with Gasteiger partial charge in [-0.05, 0) is 25.8 Å². The van der Waals surface area contributed by atoms with Crippen LogP contribution >= 0.6 is 12.4 Å². The van der Waals surface area contributed by atoms with E-state index in [1.54, 1.807) is 0 Å². The van der Waals surface area contributed by atoms with Gasteiger partial charge in [0.25, 0.3) is 0 Å². The van der Waals surface area contributed by atoms with Gasteiger partial charge in [-0.2, -0.15) is 5.26 Å². The minimum absolute atomic E-state index is 0. The Morgan fingerprint density at radius 1 is 1.64 bits per heavy atom. The largest absolute Gasteiger partial charge is 0.315 e. The van der Waals surface area contributed by atoms with Gasteiger partial charge < -0.3 is 5.32 Å². The molecule has 0 aromatic rings. The van der Waals surface area contributed by atoms with E-state index in [1.807, 2.05) is 0 Å². The number of nitrogens with zero attached hydrogens (tertiary/aromatic N) is 1. The zero-order valence-corrected chi connectivity index (χ0v) is 7.71. The molecule has 1 aliphatic rings. The monoisotopic (exact) mass is 174 g/mol. The molecule has 11 heavy (non-hydrogen) atoms. The maximum Gasteiger partial charge on any atom is 0.0703 e. The number of nitriles is 1. The molecule has 1 N–H and O–H groups in total. The van der Waals surface area contributed by atoms with Crippen molar-refractivity contribution in [3.05, 3.63) is 0 Å². The van der Waals surface area contributed by atoms with Crippen LogP contribution in [0.2, 0.25) is 0 Å². The molecule has 0 radical (unpaired) electrons. The van der Waals surface area contributed by atoms with Crippen molar-refractivity contribution in [2.24, 2.45) is 5.41 Å². The van der Waals surface area contributed by atoms with E-state index < -0.39 is 0 Å². The van der Waals surface area contributed by atoms with Gasteiger partial charge >= 0.3 is 0 Å². The molecule has 0 bridgehead atoms. The summed E-state index contributed by atoms with van der Waals surface area (Å²) in [7, 11) is 0. The van der Waals surface area contributed by atoms with Gasteiger partial charge in [-0.25, -0.2) is 0 Å². The molecule has 1 rings (SSSR count). The van der Waals surface area contributed by atoms with Gasteiger partial charge in [0.05, 0.1) is 11.5 Å². The van der Waals surface area contributed by atoms with Crippen LogP contribution in [0, 0.1) is 16.7 Å². The minimum Gasteiger partial charge on any atom is -0.315 e. The molecule has 1 aliphatic heterocycles. The van der Waals surface area contributed by atoms with E-state index in [2.05, 4.69) is 18.3 Å². The van der Waals surface area contributed by atoms with E-state index in [0.717, 1.165) is 32.4 Å². The van der Waals surface area contributed by atoms with Crippen molar-refractivity contribution in [3.8, 4) is 6.07 Å². The predicted molar refractivity (Wildman–Crippen MR) is 47.7 cm³/mol. The lowest BCUT2D eigenvalue weighted by Gasteiger charge is -2.29. The summed E-state index contributed by atoms with van der Waals surface area (Å²) in [5.41, 5.74) is -0.0434. The SMILES string of the molecule is CCC1(C#N)CCCNC1.Cl. The summed E-state index contributed by atoms with van der Waals surface area (Å²) in [4.78, 5) is 0. The summed E-state index contributed by atoms with van der Waals surface area (Å²) in [6, 6.07) is 2.40. The molecule has 3 heteroatoms. The smallest absolute Gasteiger partial charge is 0.0703 e. The normalized spacial score (nSPS) is 30.2. The van der Waals surface area contributed by atoms with Gasteiger partial charge in [0.1, 0.15) is 0 Å². The van der Waals surface area contributed by atoms with Crippen molar-refractivity contribution >= 4 is 12.4 Å². The van der Waals surface area contributed by atoms with Gasteiger partial charge in [-0.1, -0.05) is 6.92 Å². The average molecular weight is 175 g/mol. The predicted octanol–water partition coefficient (Wildman–Crippen LogP) is 1.71. The van der Waals surface area contributed by atoms with Crippen LogP contribution in [0.5, 0.6) is 0 Å². The van der Waals surface area contributed by atoms with Crippen molar-refractivity contribution in [1.29, 1.82) is 5.26 Å². The third-order valence-corrected chi connectivity index (χ3v) is 2.39. The van der Waals surface area contributed by atoms with Crippen LogP contribution in [0.3, 0.4) is 0 Å². The van der Waals surface area contributed by atoms with Crippen molar-refractivity contribution in [2.75, 3.05) is 13.1 Å². The molecule has 64 valence electrons. The Balaban J connectivity index is 0.000001000. The first-order chi connectivity index (χ1) is 4.83. The van der Waals surface area contributed by atoms with Crippen LogP contribution in [0.4, 0.5) is 0 Å². The van der Waals surface area contributed by atoms with Gasteiger partial charge in [0, 0.05) is 6.54 Å². The molecule has 2 nitrogen and oxygen atoms in total. The van der Waals surface area contributed by atoms with Gasteiger partial charge in [0.15, 0.2) is 0 Å². The second-order valence-electron chi connectivity index (χ2n) is 3.03. The zero-order valence-electron chi connectivity index (χ0n) is 6.89. The van der Waals surface area contributed by atoms with E-state index in [4.69, 9.17) is 5.26 Å². The van der Waals surface area contributed by atoms with Crippen LogP contribution in [0.1, 0.15) is 26.2 Å². The number of hydrogen-bond acceptors (Lipinski definition) is 2. The van der Waals surface area contributed by atoms with Gasteiger partial charge in [-0.3, -0.25) is 0 Å². The molecule has 0 spiro atoms. The van der Waals surface area contributed by atoms with Gasteiger partial charge in [0.2, 0.25) is 0 Å². The Hall–Kier alpha value is -0.260. The fraction of sp³-hybridized carbons (Fsp3) is 0.875. The molecule has 0 saturated carbocycles. The van der Waals surface area contributed by atoms with Crippen molar-refractivity contribution in [3.63, 3.8) is 0 Å². The minimum atomic E-state index is -0.0434. The topological polar surface area (TPSA) is 35.8 Å². The van der Waals surface area contributed by atoms with E-state index >= 15 is 0 Å². The molecular formula is C8H15ClN2. The highest BCUT2D eigenvalue weighted by Crippen LogP contribution is 2.28.